The van der Waals surface area contributed by atoms with Gasteiger partial charge in [0.1, 0.15) is 0 Å². The van der Waals surface area contributed by atoms with E-state index in [-0.39, 0.29) is 31.1 Å². The SMILES string of the molecule is [U+2].[c-]1c(-c2nc(C3=CCCC=C3)c3sc4ccccc4c3n2)cccc1-c1[c-]cccc1C1=CCC(c2ccc(-c3ccccc3)cc2)=NC(c2ccccc2)=N1. The molecule has 1 aliphatic heterocycles. The molecule has 2 aromatic heterocycles. The van der Waals surface area contributed by atoms with Crippen molar-refractivity contribution in [3.8, 4) is 33.6 Å². The minimum atomic E-state index is 0. The van der Waals surface area contributed by atoms with E-state index in [0.717, 1.165) is 84.5 Å². The van der Waals surface area contributed by atoms with Crippen molar-refractivity contribution in [3.05, 3.63) is 204 Å². The van der Waals surface area contributed by atoms with Gasteiger partial charge in [-0.3, -0.25) is 9.97 Å². The molecule has 8 aromatic rings. The van der Waals surface area contributed by atoms with Crippen LogP contribution in [-0.4, -0.2) is 21.5 Å². The molecule has 0 saturated carbocycles. The third kappa shape index (κ3) is 7.45. The second kappa shape index (κ2) is 16.4. The maximum absolute atomic E-state index is 5.26. The van der Waals surface area contributed by atoms with Gasteiger partial charge in [-0.25, -0.2) is 15.5 Å². The molecule has 6 heteroatoms. The number of benzene rings is 6. The third-order valence-electron chi connectivity index (χ3n) is 10.2. The number of hydrogen-bond acceptors (Lipinski definition) is 5. The maximum Gasteiger partial charge on any atom is 2.00 e. The molecule has 10 rings (SSSR count). The molecular formula is C51H34N4SU. The molecule has 2 aliphatic rings. The van der Waals surface area contributed by atoms with Gasteiger partial charge in [-0.1, -0.05) is 133 Å². The van der Waals surface area contributed by atoms with Gasteiger partial charge < -0.3 is 0 Å². The standard InChI is InChI=1S/C51H34N4S.U/c1-4-15-34(16-5-1)35-27-29-36(30-28-35)44-31-32-45(53-50(52-44)38-19-8-3-9-20-38)42-24-11-10-23-41(42)39-21-14-22-40(33-39)51-54-47(37-17-6-2-7-18-37)49-48(55-51)43-25-12-13-26-46(43)56-49;/h1,3-6,8-22,24-30,32H,2,7,31H2;/q-2;+2. The normalized spacial score (nSPS) is 14.0. The Morgan fingerprint density at radius 2 is 1.33 bits per heavy atom. The molecule has 0 radical (unpaired) electrons. The molecule has 268 valence electrons. The summed E-state index contributed by atoms with van der Waals surface area (Å²) in [5.74, 6) is 1.33. The number of fused-ring (bicyclic) bond motifs is 3. The van der Waals surface area contributed by atoms with Crippen LogP contribution in [0.4, 0.5) is 0 Å². The monoisotopic (exact) mass is 972 g/mol. The molecule has 0 bridgehead atoms. The molecule has 0 unspecified atom stereocenters. The minimum Gasteiger partial charge on any atom is -0.266 e. The van der Waals surface area contributed by atoms with E-state index in [1.54, 1.807) is 11.3 Å². The summed E-state index contributed by atoms with van der Waals surface area (Å²) < 4.78 is 2.32. The van der Waals surface area contributed by atoms with E-state index >= 15 is 0 Å². The smallest absolute Gasteiger partial charge is 0.266 e. The minimum absolute atomic E-state index is 0. The Bertz CT molecular complexity index is 2920. The molecule has 0 N–H and O–H groups in total. The summed E-state index contributed by atoms with van der Waals surface area (Å²) in [7, 11) is 0. The largest absolute Gasteiger partial charge is 2.00 e. The van der Waals surface area contributed by atoms with Crippen LogP contribution in [0.5, 0.6) is 0 Å². The van der Waals surface area contributed by atoms with E-state index in [0.29, 0.717) is 18.1 Å². The van der Waals surface area contributed by atoms with Crippen molar-refractivity contribution in [1.29, 1.82) is 0 Å². The van der Waals surface area contributed by atoms with E-state index in [2.05, 4.69) is 146 Å². The average molecular weight is 973 g/mol. The van der Waals surface area contributed by atoms with Gasteiger partial charge in [0.25, 0.3) is 0 Å². The third-order valence-corrected chi connectivity index (χ3v) is 11.4. The van der Waals surface area contributed by atoms with Gasteiger partial charge in [0, 0.05) is 27.8 Å². The van der Waals surface area contributed by atoms with Crippen molar-refractivity contribution < 1.29 is 31.1 Å². The number of thiophene rings is 1. The number of allylic oxidation sites excluding steroid dienone is 5. The molecule has 3 heterocycles. The molecule has 0 spiro atoms. The van der Waals surface area contributed by atoms with Gasteiger partial charge >= 0.3 is 31.1 Å². The Balaban J connectivity index is 0.00000422. The van der Waals surface area contributed by atoms with E-state index in [9.17, 15) is 0 Å². The van der Waals surface area contributed by atoms with E-state index < -0.39 is 0 Å². The number of aromatic nitrogens is 2. The van der Waals surface area contributed by atoms with Crippen LogP contribution in [0.2, 0.25) is 0 Å². The van der Waals surface area contributed by atoms with Gasteiger partial charge in [-0.2, -0.15) is 29.8 Å². The predicted octanol–water partition coefficient (Wildman–Crippen LogP) is 12.9. The Kier molecular flexibility index (Phi) is 10.6. The van der Waals surface area contributed by atoms with Crippen LogP contribution in [0, 0.1) is 43.2 Å². The summed E-state index contributed by atoms with van der Waals surface area (Å²) in [5, 5.41) is 1.15. The van der Waals surface area contributed by atoms with Crippen LogP contribution in [0.1, 0.15) is 41.6 Å². The Hall–Kier alpha value is -5.77. The van der Waals surface area contributed by atoms with Gasteiger partial charge in [0.2, 0.25) is 0 Å². The van der Waals surface area contributed by atoms with Gasteiger partial charge in [0.15, 0.2) is 5.84 Å². The predicted molar refractivity (Wildman–Crippen MR) is 234 cm³/mol. The quantitative estimate of drug-likeness (QED) is 0.149. The van der Waals surface area contributed by atoms with Gasteiger partial charge in [0.05, 0.1) is 27.4 Å². The first-order valence-corrected chi connectivity index (χ1v) is 19.7. The molecule has 0 fully saturated rings. The number of rotatable bonds is 7. The summed E-state index contributed by atoms with van der Waals surface area (Å²) in [4.78, 5) is 20.9. The fourth-order valence-electron chi connectivity index (χ4n) is 7.42. The van der Waals surface area contributed by atoms with Crippen molar-refractivity contribution in [2.45, 2.75) is 19.3 Å². The average Bonchev–Trinajstić information content (AvgIpc) is 3.51. The number of hydrogen-bond donors (Lipinski definition) is 0. The topological polar surface area (TPSA) is 50.5 Å². The summed E-state index contributed by atoms with van der Waals surface area (Å²) in [5.41, 5.74) is 12.9. The summed E-state index contributed by atoms with van der Waals surface area (Å²) in [6.45, 7) is 0. The fraction of sp³-hybridized carbons (Fsp3) is 0.0588. The molecule has 57 heavy (non-hydrogen) atoms. The zero-order valence-electron chi connectivity index (χ0n) is 31.0. The first kappa shape index (κ1) is 36.8. The number of aliphatic imine (C=N–C) groups is 2. The van der Waals surface area contributed by atoms with Gasteiger partial charge in [-0.05, 0) is 41.2 Å². The fourth-order valence-corrected chi connectivity index (χ4v) is 8.57. The second-order valence-corrected chi connectivity index (χ2v) is 14.9. The second-order valence-electron chi connectivity index (χ2n) is 13.8. The molecule has 4 nitrogen and oxygen atoms in total. The summed E-state index contributed by atoms with van der Waals surface area (Å²) in [6.07, 6.45) is 11.6. The Morgan fingerprint density at radius 3 is 2.14 bits per heavy atom. The number of nitrogens with zero attached hydrogens (tertiary/aromatic N) is 4. The van der Waals surface area contributed by atoms with E-state index in [4.69, 9.17) is 20.0 Å². The number of amidine groups is 1. The van der Waals surface area contributed by atoms with Crippen molar-refractivity contribution in [2.75, 3.05) is 0 Å². The molecule has 0 saturated heterocycles. The zero-order valence-corrected chi connectivity index (χ0v) is 36.0. The summed E-state index contributed by atoms with van der Waals surface area (Å²) >= 11 is 1.76. The van der Waals surface area contributed by atoms with Crippen molar-refractivity contribution in [3.63, 3.8) is 0 Å². The zero-order chi connectivity index (χ0) is 37.3. The molecule has 0 atom stereocenters. The van der Waals surface area contributed by atoms with Crippen molar-refractivity contribution in [2.24, 2.45) is 9.98 Å². The first-order valence-electron chi connectivity index (χ1n) is 18.9. The van der Waals surface area contributed by atoms with Crippen LogP contribution in [-0.2, 0) is 0 Å². The van der Waals surface area contributed by atoms with Crippen LogP contribution >= 0.6 is 11.3 Å². The Morgan fingerprint density at radius 1 is 0.596 bits per heavy atom. The maximum atomic E-state index is 5.26. The van der Waals surface area contributed by atoms with Gasteiger partial charge in [-0.15, -0.1) is 41.2 Å². The molecule has 0 amide bonds. The first-order chi connectivity index (χ1) is 27.7. The van der Waals surface area contributed by atoms with Crippen LogP contribution in [0.3, 0.4) is 0 Å². The molecule has 6 aromatic carbocycles. The summed E-state index contributed by atoms with van der Waals surface area (Å²) in [6, 6.07) is 57.4. The van der Waals surface area contributed by atoms with E-state index in [1.165, 1.54) is 15.8 Å². The van der Waals surface area contributed by atoms with Crippen LogP contribution < -0.4 is 0 Å². The van der Waals surface area contributed by atoms with Crippen molar-refractivity contribution >= 4 is 54.5 Å². The molecular weight excluding hydrogens is 939 g/mol. The van der Waals surface area contributed by atoms with Crippen LogP contribution in [0.15, 0.2) is 180 Å². The van der Waals surface area contributed by atoms with Crippen molar-refractivity contribution in [1.82, 2.24) is 9.97 Å². The van der Waals surface area contributed by atoms with E-state index in [1.807, 2.05) is 36.4 Å². The van der Waals surface area contributed by atoms with Crippen LogP contribution in [0.25, 0.3) is 65.2 Å². The molecule has 1 aliphatic carbocycles. The Labute approximate surface area is 360 Å².